The number of hydrogen-bond donors (Lipinski definition) is 1. The lowest BCUT2D eigenvalue weighted by Gasteiger charge is -2.03. The molecule has 0 fully saturated rings. The Labute approximate surface area is 77.9 Å². The molecule has 0 aliphatic rings. The molecule has 0 heterocycles. The fourth-order valence-electron chi connectivity index (χ4n) is 0.823. The molecule has 1 atom stereocenters. The van der Waals surface area contributed by atoms with Gasteiger partial charge in [0.15, 0.2) is 0 Å². The lowest BCUT2D eigenvalue weighted by molar-refractivity contribution is 0.602. The van der Waals surface area contributed by atoms with Gasteiger partial charge in [0, 0.05) is 10.0 Å². The standard InChI is InChI=1S/C8H6BrFN2/c9-5-1-2-6(7(10)3-5)8(12)4-11/h1-3,8H,12H2. The number of nitrogens with zero attached hydrogens (tertiary/aromatic N) is 1. The number of nitrogens with two attached hydrogens (primary N) is 1. The lowest BCUT2D eigenvalue weighted by Crippen LogP contribution is -2.09. The molecule has 1 aromatic rings. The van der Waals surface area contributed by atoms with Crippen LogP contribution >= 0.6 is 15.9 Å². The van der Waals surface area contributed by atoms with E-state index in [1.165, 1.54) is 12.1 Å². The summed E-state index contributed by atoms with van der Waals surface area (Å²) in [6, 6.07) is 5.30. The second kappa shape index (κ2) is 3.65. The summed E-state index contributed by atoms with van der Waals surface area (Å²) in [7, 11) is 0. The average Bonchev–Trinajstić information content (AvgIpc) is 2.03. The van der Waals surface area contributed by atoms with Crippen LogP contribution in [0.5, 0.6) is 0 Å². The van der Waals surface area contributed by atoms with E-state index in [0.717, 1.165) is 0 Å². The van der Waals surface area contributed by atoms with Gasteiger partial charge in [-0.2, -0.15) is 5.26 Å². The van der Waals surface area contributed by atoms with Gasteiger partial charge in [0.05, 0.1) is 6.07 Å². The minimum atomic E-state index is -0.891. The van der Waals surface area contributed by atoms with Crippen molar-refractivity contribution in [3.63, 3.8) is 0 Å². The number of hydrogen-bond acceptors (Lipinski definition) is 2. The van der Waals surface area contributed by atoms with Gasteiger partial charge in [0.25, 0.3) is 0 Å². The molecule has 0 aliphatic heterocycles. The van der Waals surface area contributed by atoms with Gasteiger partial charge in [-0.3, -0.25) is 0 Å². The van der Waals surface area contributed by atoms with Crippen LogP contribution in [-0.2, 0) is 0 Å². The zero-order valence-corrected chi connectivity index (χ0v) is 7.68. The molecular formula is C8H6BrFN2. The van der Waals surface area contributed by atoms with Gasteiger partial charge in [0.2, 0.25) is 0 Å². The first-order chi connectivity index (χ1) is 5.65. The highest BCUT2D eigenvalue weighted by Crippen LogP contribution is 2.18. The largest absolute Gasteiger partial charge is 0.312 e. The molecule has 2 nitrogen and oxygen atoms in total. The molecule has 1 rings (SSSR count). The zero-order chi connectivity index (χ0) is 9.14. The molecule has 62 valence electrons. The van der Waals surface area contributed by atoms with Crippen LogP contribution in [0, 0.1) is 17.1 Å². The minimum absolute atomic E-state index is 0.223. The van der Waals surface area contributed by atoms with Gasteiger partial charge in [-0.15, -0.1) is 0 Å². The van der Waals surface area contributed by atoms with E-state index >= 15 is 0 Å². The fraction of sp³-hybridized carbons (Fsp3) is 0.125. The van der Waals surface area contributed by atoms with E-state index in [4.69, 9.17) is 11.0 Å². The van der Waals surface area contributed by atoms with Crippen molar-refractivity contribution in [2.75, 3.05) is 0 Å². The Morgan fingerprint density at radius 2 is 2.25 bits per heavy atom. The molecule has 0 aliphatic carbocycles. The Kier molecular flexibility index (Phi) is 2.79. The molecule has 0 bridgehead atoms. The summed E-state index contributed by atoms with van der Waals surface area (Å²) in [5.41, 5.74) is 5.55. The summed E-state index contributed by atoms with van der Waals surface area (Å²) < 4.78 is 13.7. The van der Waals surface area contributed by atoms with E-state index in [9.17, 15) is 4.39 Å². The Bertz CT molecular complexity index is 332. The smallest absolute Gasteiger partial charge is 0.130 e. The SMILES string of the molecule is N#CC(N)c1ccc(Br)cc1F. The van der Waals surface area contributed by atoms with E-state index in [1.54, 1.807) is 12.1 Å². The maximum Gasteiger partial charge on any atom is 0.130 e. The van der Waals surface area contributed by atoms with Crippen molar-refractivity contribution in [3.8, 4) is 6.07 Å². The molecule has 0 amide bonds. The van der Waals surface area contributed by atoms with Gasteiger partial charge in [-0.1, -0.05) is 22.0 Å². The minimum Gasteiger partial charge on any atom is -0.312 e. The number of benzene rings is 1. The van der Waals surface area contributed by atoms with Crippen molar-refractivity contribution >= 4 is 15.9 Å². The molecule has 0 saturated heterocycles. The van der Waals surface area contributed by atoms with Crippen molar-refractivity contribution in [3.05, 3.63) is 34.1 Å². The number of nitriles is 1. The molecular weight excluding hydrogens is 223 g/mol. The lowest BCUT2D eigenvalue weighted by atomic mass is 10.1. The van der Waals surface area contributed by atoms with Crippen LogP contribution in [0.4, 0.5) is 4.39 Å². The molecule has 0 saturated carbocycles. The van der Waals surface area contributed by atoms with Crippen molar-refractivity contribution < 1.29 is 4.39 Å². The van der Waals surface area contributed by atoms with Gasteiger partial charge in [0.1, 0.15) is 11.9 Å². The second-order valence-electron chi connectivity index (χ2n) is 2.27. The van der Waals surface area contributed by atoms with E-state index < -0.39 is 11.9 Å². The molecule has 1 aromatic carbocycles. The number of halogens is 2. The van der Waals surface area contributed by atoms with Gasteiger partial charge < -0.3 is 5.73 Å². The predicted molar refractivity (Wildman–Crippen MR) is 46.6 cm³/mol. The molecule has 4 heteroatoms. The van der Waals surface area contributed by atoms with Gasteiger partial charge in [-0.05, 0) is 12.1 Å². The Morgan fingerprint density at radius 3 is 2.75 bits per heavy atom. The molecule has 0 radical (unpaired) electrons. The first kappa shape index (κ1) is 9.17. The Balaban J connectivity index is 3.11. The highest BCUT2D eigenvalue weighted by molar-refractivity contribution is 9.10. The van der Waals surface area contributed by atoms with Gasteiger partial charge in [-0.25, -0.2) is 4.39 Å². The normalized spacial score (nSPS) is 12.2. The predicted octanol–water partition coefficient (Wildman–Crippen LogP) is 2.11. The van der Waals surface area contributed by atoms with Crippen molar-refractivity contribution in [1.29, 1.82) is 5.26 Å². The van der Waals surface area contributed by atoms with Crippen molar-refractivity contribution in [2.45, 2.75) is 6.04 Å². The quantitative estimate of drug-likeness (QED) is 0.801. The van der Waals surface area contributed by atoms with E-state index in [-0.39, 0.29) is 5.56 Å². The maximum atomic E-state index is 13.0. The van der Waals surface area contributed by atoms with E-state index in [1.807, 2.05) is 0 Å². The van der Waals surface area contributed by atoms with Crippen LogP contribution in [0.2, 0.25) is 0 Å². The summed E-state index contributed by atoms with van der Waals surface area (Å²) in [4.78, 5) is 0. The summed E-state index contributed by atoms with van der Waals surface area (Å²) >= 11 is 3.10. The molecule has 0 spiro atoms. The highest BCUT2D eigenvalue weighted by atomic mass is 79.9. The van der Waals surface area contributed by atoms with Crippen LogP contribution in [0.3, 0.4) is 0 Å². The third-order valence-corrected chi connectivity index (χ3v) is 1.93. The first-order valence-corrected chi connectivity index (χ1v) is 4.04. The Morgan fingerprint density at radius 1 is 1.58 bits per heavy atom. The second-order valence-corrected chi connectivity index (χ2v) is 3.19. The average molecular weight is 229 g/mol. The zero-order valence-electron chi connectivity index (χ0n) is 6.09. The fourth-order valence-corrected chi connectivity index (χ4v) is 1.16. The molecule has 1 unspecified atom stereocenters. The van der Waals surface area contributed by atoms with Crippen molar-refractivity contribution in [2.24, 2.45) is 5.73 Å². The topological polar surface area (TPSA) is 49.8 Å². The molecule has 2 N–H and O–H groups in total. The molecule has 0 aromatic heterocycles. The summed E-state index contributed by atoms with van der Waals surface area (Å²) in [6.45, 7) is 0. The van der Waals surface area contributed by atoms with Crippen molar-refractivity contribution in [1.82, 2.24) is 0 Å². The summed E-state index contributed by atoms with van der Waals surface area (Å²) in [5, 5.41) is 8.43. The van der Waals surface area contributed by atoms with E-state index in [0.29, 0.717) is 4.47 Å². The van der Waals surface area contributed by atoms with Crippen LogP contribution < -0.4 is 5.73 Å². The third kappa shape index (κ3) is 1.81. The monoisotopic (exact) mass is 228 g/mol. The molecule has 12 heavy (non-hydrogen) atoms. The van der Waals surface area contributed by atoms with Crippen LogP contribution in [-0.4, -0.2) is 0 Å². The van der Waals surface area contributed by atoms with Crippen LogP contribution in [0.15, 0.2) is 22.7 Å². The van der Waals surface area contributed by atoms with Crippen LogP contribution in [0.25, 0.3) is 0 Å². The van der Waals surface area contributed by atoms with Crippen LogP contribution in [0.1, 0.15) is 11.6 Å². The van der Waals surface area contributed by atoms with Gasteiger partial charge >= 0.3 is 0 Å². The summed E-state index contributed by atoms with van der Waals surface area (Å²) in [6.07, 6.45) is 0. The Hall–Kier alpha value is -0.920. The highest BCUT2D eigenvalue weighted by Gasteiger charge is 2.09. The number of rotatable bonds is 1. The van der Waals surface area contributed by atoms with E-state index in [2.05, 4.69) is 15.9 Å². The maximum absolute atomic E-state index is 13.0. The third-order valence-electron chi connectivity index (χ3n) is 1.44. The summed E-state index contributed by atoms with van der Waals surface area (Å²) in [5.74, 6) is -0.460. The first-order valence-electron chi connectivity index (χ1n) is 3.25.